The molecule has 0 aromatic heterocycles. The Balaban J connectivity index is 2.67. The maximum absolute atomic E-state index is 10.6. The first kappa shape index (κ1) is 11.5. The summed E-state index contributed by atoms with van der Waals surface area (Å²) < 4.78 is 5.24. The molecule has 1 unspecified atom stereocenters. The summed E-state index contributed by atoms with van der Waals surface area (Å²) in [6.45, 7) is 0.876. The van der Waals surface area contributed by atoms with Crippen LogP contribution in [0.2, 0.25) is 0 Å². The summed E-state index contributed by atoms with van der Waals surface area (Å²) in [5, 5.41) is 8.67. The molecule has 0 fully saturated rings. The second kappa shape index (κ2) is 5.33. The van der Waals surface area contributed by atoms with E-state index in [1.165, 1.54) is 0 Å². The normalized spacial score (nSPS) is 12.1. The zero-order chi connectivity index (χ0) is 11.3. The maximum atomic E-state index is 10.6. The molecule has 0 heterocycles. The molecule has 15 heavy (non-hydrogen) atoms. The lowest BCUT2D eigenvalue weighted by Crippen LogP contribution is -2.20. The first-order valence-electron chi connectivity index (χ1n) is 4.56. The van der Waals surface area contributed by atoms with Crippen molar-refractivity contribution < 1.29 is 14.6 Å². The Morgan fingerprint density at radius 1 is 1.40 bits per heavy atom. The van der Waals surface area contributed by atoms with Gasteiger partial charge in [-0.05, 0) is 17.7 Å². The van der Waals surface area contributed by atoms with Gasteiger partial charge in [0.05, 0.1) is 0 Å². The molecular formula is C10H14N2O3. The van der Waals surface area contributed by atoms with E-state index in [-0.39, 0.29) is 0 Å². The highest BCUT2D eigenvalue weighted by Gasteiger charge is 2.13. The molecule has 5 heteroatoms. The van der Waals surface area contributed by atoms with Crippen LogP contribution in [0, 0.1) is 0 Å². The van der Waals surface area contributed by atoms with Gasteiger partial charge in [0.15, 0.2) is 0 Å². The van der Waals surface area contributed by atoms with Crippen molar-refractivity contribution in [3.63, 3.8) is 0 Å². The third-order valence-corrected chi connectivity index (χ3v) is 1.89. The second-order valence-electron chi connectivity index (χ2n) is 3.02. The predicted octanol–water partition coefficient (Wildman–Crippen LogP) is 0.109. The van der Waals surface area contributed by atoms with Gasteiger partial charge in [-0.2, -0.15) is 0 Å². The van der Waals surface area contributed by atoms with Crippen LogP contribution in [-0.4, -0.2) is 24.2 Å². The molecule has 1 aromatic rings. The van der Waals surface area contributed by atoms with Crippen LogP contribution in [-0.2, 0) is 4.79 Å². The molecule has 82 valence electrons. The van der Waals surface area contributed by atoms with Crippen LogP contribution in [0.3, 0.4) is 0 Å². The number of carboxylic acids is 1. The van der Waals surface area contributed by atoms with Crippen LogP contribution in [0.1, 0.15) is 11.6 Å². The smallest absolute Gasteiger partial charge is 0.325 e. The Morgan fingerprint density at radius 3 is 2.47 bits per heavy atom. The fourth-order valence-electron chi connectivity index (χ4n) is 1.09. The average Bonchev–Trinajstić information content (AvgIpc) is 2.26. The van der Waals surface area contributed by atoms with E-state index < -0.39 is 12.0 Å². The lowest BCUT2D eigenvalue weighted by atomic mass is 10.1. The third-order valence-electron chi connectivity index (χ3n) is 1.89. The number of nitrogens with two attached hydrogens (primary N) is 2. The van der Waals surface area contributed by atoms with E-state index in [0.717, 1.165) is 0 Å². The van der Waals surface area contributed by atoms with Gasteiger partial charge in [0.2, 0.25) is 0 Å². The number of ether oxygens (including phenoxy) is 1. The summed E-state index contributed by atoms with van der Waals surface area (Å²) in [5.74, 6) is -0.396. The number of hydrogen-bond donors (Lipinski definition) is 3. The Labute approximate surface area is 87.6 Å². The molecule has 5 N–H and O–H groups in total. The molecule has 5 nitrogen and oxygen atoms in total. The summed E-state index contributed by atoms with van der Waals surface area (Å²) in [4.78, 5) is 10.6. The van der Waals surface area contributed by atoms with Crippen molar-refractivity contribution in [1.82, 2.24) is 0 Å². The molecule has 1 rings (SSSR count). The number of aliphatic carboxylic acids is 1. The van der Waals surface area contributed by atoms with Crippen molar-refractivity contribution in [1.29, 1.82) is 0 Å². The van der Waals surface area contributed by atoms with Crippen molar-refractivity contribution >= 4 is 5.97 Å². The second-order valence-corrected chi connectivity index (χ2v) is 3.02. The van der Waals surface area contributed by atoms with Gasteiger partial charge < -0.3 is 21.3 Å². The van der Waals surface area contributed by atoms with Crippen molar-refractivity contribution in [2.24, 2.45) is 11.5 Å². The number of hydrogen-bond acceptors (Lipinski definition) is 4. The minimum atomic E-state index is -1.05. The summed E-state index contributed by atoms with van der Waals surface area (Å²) in [6, 6.07) is 5.62. The van der Waals surface area contributed by atoms with Crippen LogP contribution < -0.4 is 16.2 Å². The van der Waals surface area contributed by atoms with E-state index in [9.17, 15) is 4.79 Å². The van der Waals surface area contributed by atoms with Crippen molar-refractivity contribution in [2.75, 3.05) is 13.2 Å². The minimum Gasteiger partial charge on any atom is -0.492 e. The number of benzene rings is 1. The first-order valence-corrected chi connectivity index (χ1v) is 4.56. The van der Waals surface area contributed by atoms with E-state index in [1.807, 2.05) is 0 Å². The quantitative estimate of drug-likeness (QED) is 0.640. The molecule has 0 saturated heterocycles. The molecule has 0 aliphatic heterocycles. The molecule has 0 spiro atoms. The molecule has 0 bridgehead atoms. The van der Waals surface area contributed by atoms with E-state index in [0.29, 0.717) is 24.5 Å². The first-order chi connectivity index (χ1) is 7.15. The lowest BCUT2D eigenvalue weighted by molar-refractivity contribution is -0.138. The van der Waals surface area contributed by atoms with E-state index in [1.54, 1.807) is 24.3 Å². The van der Waals surface area contributed by atoms with Gasteiger partial charge >= 0.3 is 5.97 Å². The predicted molar refractivity (Wildman–Crippen MR) is 55.6 cm³/mol. The fraction of sp³-hybridized carbons (Fsp3) is 0.300. The highest BCUT2D eigenvalue weighted by Crippen LogP contribution is 2.16. The van der Waals surface area contributed by atoms with Crippen molar-refractivity contribution in [2.45, 2.75) is 6.04 Å². The maximum Gasteiger partial charge on any atom is 0.325 e. The highest BCUT2D eigenvalue weighted by molar-refractivity contribution is 5.75. The molecule has 0 aliphatic carbocycles. The van der Waals surface area contributed by atoms with Crippen LogP contribution in [0.25, 0.3) is 0 Å². The summed E-state index contributed by atoms with van der Waals surface area (Å²) in [7, 11) is 0. The Kier molecular flexibility index (Phi) is 4.08. The zero-order valence-corrected chi connectivity index (χ0v) is 8.22. The Bertz CT molecular complexity index is 324. The molecule has 1 aromatic carbocycles. The van der Waals surface area contributed by atoms with Gasteiger partial charge in [-0.25, -0.2) is 0 Å². The monoisotopic (exact) mass is 210 g/mol. The molecule has 0 radical (unpaired) electrons. The SMILES string of the molecule is NCCOc1ccc(C(N)C(=O)O)cc1. The number of carboxylic acid groups (broad SMARTS) is 1. The van der Waals surface area contributed by atoms with Crippen LogP contribution in [0.4, 0.5) is 0 Å². The zero-order valence-electron chi connectivity index (χ0n) is 8.22. The minimum absolute atomic E-state index is 0.435. The van der Waals surface area contributed by atoms with Gasteiger partial charge in [0.25, 0.3) is 0 Å². The van der Waals surface area contributed by atoms with Gasteiger partial charge in [-0.1, -0.05) is 12.1 Å². The average molecular weight is 210 g/mol. The third kappa shape index (κ3) is 3.23. The molecule has 0 saturated carbocycles. The van der Waals surface area contributed by atoms with Gasteiger partial charge in [0, 0.05) is 6.54 Å². The van der Waals surface area contributed by atoms with E-state index >= 15 is 0 Å². The number of carbonyl (C=O) groups is 1. The van der Waals surface area contributed by atoms with E-state index in [2.05, 4.69) is 0 Å². The molecule has 0 aliphatic rings. The standard InChI is InChI=1S/C10H14N2O3/c11-5-6-15-8-3-1-7(2-4-8)9(12)10(13)14/h1-4,9H,5-6,11-12H2,(H,13,14). The van der Waals surface area contributed by atoms with Crippen LogP contribution >= 0.6 is 0 Å². The summed E-state index contributed by atoms with van der Waals surface area (Å²) in [6.07, 6.45) is 0. The topological polar surface area (TPSA) is 98.6 Å². The largest absolute Gasteiger partial charge is 0.492 e. The van der Waals surface area contributed by atoms with Gasteiger partial charge in [-0.15, -0.1) is 0 Å². The van der Waals surface area contributed by atoms with E-state index in [4.69, 9.17) is 21.3 Å². The van der Waals surface area contributed by atoms with Gasteiger partial charge in [-0.3, -0.25) is 4.79 Å². The number of rotatable bonds is 5. The van der Waals surface area contributed by atoms with Crippen molar-refractivity contribution in [3.8, 4) is 5.75 Å². The Hall–Kier alpha value is -1.59. The fourth-order valence-corrected chi connectivity index (χ4v) is 1.09. The van der Waals surface area contributed by atoms with Gasteiger partial charge in [0.1, 0.15) is 18.4 Å². The lowest BCUT2D eigenvalue weighted by Gasteiger charge is -2.08. The van der Waals surface area contributed by atoms with Crippen LogP contribution in [0.15, 0.2) is 24.3 Å². The molecular weight excluding hydrogens is 196 g/mol. The van der Waals surface area contributed by atoms with Crippen molar-refractivity contribution in [3.05, 3.63) is 29.8 Å². The summed E-state index contributed by atoms with van der Waals surface area (Å²) >= 11 is 0. The molecule has 0 amide bonds. The highest BCUT2D eigenvalue weighted by atomic mass is 16.5. The molecule has 1 atom stereocenters. The van der Waals surface area contributed by atoms with Crippen LogP contribution in [0.5, 0.6) is 5.75 Å². The summed E-state index contributed by atoms with van der Waals surface area (Å²) in [5.41, 5.74) is 11.2. The Morgan fingerprint density at radius 2 is 2.00 bits per heavy atom.